The van der Waals surface area contributed by atoms with E-state index < -0.39 is 5.91 Å². The Balaban J connectivity index is 2.68. The molecule has 0 bridgehead atoms. The third-order valence-corrected chi connectivity index (χ3v) is 1.43. The molecular weight excluding hydrogens is 134 g/mol. The van der Waals surface area contributed by atoms with E-state index in [1.165, 1.54) is 14.2 Å². The average Bonchev–Trinajstić information content (AvgIpc) is 2.33. The normalized spacial score (nSPS) is 22.1. The number of aliphatic imine (C=N–C) groups is 1. The zero-order valence-corrected chi connectivity index (χ0v) is 6.38. The zero-order valence-electron chi connectivity index (χ0n) is 6.38. The van der Waals surface area contributed by atoms with Crippen LogP contribution in [-0.2, 0) is 14.2 Å². The lowest BCUT2D eigenvalue weighted by atomic mass is 10.5. The Hall–Kier alpha value is -0.610. The van der Waals surface area contributed by atoms with Gasteiger partial charge in [-0.2, -0.15) is 4.99 Å². The van der Waals surface area contributed by atoms with Crippen LogP contribution in [0.5, 0.6) is 0 Å². The third kappa shape index (κ3) is 1.12. The highest BCUT2D eigenvalue weighted by Gasteiger charge is 2.35. The van der Waals surface area contributed by atoms with Crippen molar-refractivity contribution in [2.45, 2.75) is 12.8 Å². The summed E-state index contributed by atoms with van der Waals surface area (Å²) in [7, 11) is 3.07. The molecule has 0 aromatic carbocycles. The van der Waals surface area contributed by atoms with E-state index in [0.717, 1.165) is 0 Å². The molecular formula is C6H11NO3. The lowest BCUT2D eigenvalue weighted by Gasteiger charge is -2.18. The van der Waals surface area contributed by atoms with Crippen LogP contribution < -0.4 is 0 Å². The van der Waals surface area contributed by atoms with Gasteiger partial charge in [-0.3, -0.25) is 0 Å². The highest BCUT2D eigenvalue weighted by molar-refractivity contribution is 5.74. The Bertz CT molecular complexity index is 151. The van der Waals surface area contributed by atoms with Gasteiger partial charge in [0.2, 0.25) is 0 Å². The average molecular weight is 145 g/mol. The van der Waals surface area contributed by atoms with Crippen molar-refractivity contribution in [3.8, 4) is 0 Å². The number of nitrogens with zero attached hydrogens (tertiary/aromatic N) is 1. The Morgan fingerprint density at radius 1 is 1.50 bits per heavy atom. The molecule has 0 unspecified atom stereocenters. The van der Waals surface area contributed by atoms with Crippen LogP contribution in [0.15, 0.2) is 4.99 Å². The second kappa shape index (κ2) is 2.56. The Labute approximate surface area is 59.8 Å². The summed E-state index contributed by atoms with van der Waals surface area (Å²) in [5.74, 6) is -0.284. The SMILES string of the molecule is COC1(OC)COC(C)=N1. The van der Waals surface area contributed by atoms with Gasteiger partial charge in [-0.25, -0.2) is 0 Å². The molecule has 1 rings (SSSR count). The first-order chi connectivity index (χ1) is 4.72. The summed E-state index contributed by atoms with van der Waals surface area (Å²) >= 11 is 0. The van der Waals surface area contributed by atoms with E-state index >= 15 is 0 Å². The van der Waals surface area contributed by atoms with Gasteiger partial charge in [0.25, 0.3) is 0 Å². The highest BCUT2D eigenvalue weighted by atomic mass is 16.7. The molecule has 0 saturated carbocycles. The maximum Gasteiger partial charge on any atom is 0.307 e. The van der Waals surface area contributed by atoms with E-state index in [9.17, 15) is 0 Å². The lowest BCUT2D eigenvalue weighted by molar-refractivity contribution is -0.205. The number of hydrogen-bond donors (Lipinski definition) is 0. The Kier molecular flexibility index (Phi) is 1.92. The predicted molar refractivity (Wildman–Crippen MR) is 35.8 cm³/mol. The van der Waals surface area contributed by atoms with Crippen molar-refractivity contribution < 1.29 is 14.2 Å². The fourth-order valence-electron chi connectivity index (χ4n) is 0.793. The van der Waals surface area contributed by atoms with Crippen LogP contribution in [0.3, 0.4) is 0 Å². The minimum Gasteiger partial charge on any atom is -0.473 e. The van der Waals surface area contributed by atoms with Crippen molar-refractivity contribution in [3.05, 3.63) is 0 Å². The van der Waals surface area contributed by atoms with E-state index in [2.05, 4.69) is 4.99 Å². The van der Waals surface area contributed by atoms with Crippen LogP contribution in [0, 0.1) is 0 Å². The first-order valence-electron chi connectivity index (χ1n) is 3.02. The maximum atomic E-state index is 5.05. The van der Waals surface area contributed by atoms with Crippen molar-refractivity contribution in [1.82, 2.24) is 0 Å². The van der Waals surface area contributed by atoms with Gasteiger partial charge in [0.05, 0.1) is 0 Å². The molecule has 0 fully saturated rings. The third-order valence-electron chi connectivity index (χ3n) is 1.43. The van der Waals surface area contributed by atoms with E-state index in [4.69, 9.17) is 14.2 Å². The van der Waals surface area contributed by atoms with Crippen molar-refractivity contribution in [1.29, 1.82) is 0 Å². The molecule has 4 nitrogen and oxygen atoms in total. The van der Waals surface area contributed by atoms with E-state index in [-0.39, 0.29) is 0 Å². The predicted octanol–water partition coefficient (Wildman–Crippen LogP) is 0.382. The fourth-order valence-corrected chi connectivity index (χ4v) is 0.793. The zero-order chi connectivity index (χ0) is 7.61. The summed E-state index contributed by atoms with van der Waals surface area (Å²) < 4.78 is 15.0. The minimum atomic E-state index is -0.885. The summed E-state index contributed by atoms with van der Waals surface area (Å²) in [6.07, 6.45) is 0. The molecule has 0 saturated heterocycles. The van der Waals surface area contributed by atoms with Crippen LogP contribution in [0.2, 0.25) is 0 Å². The fraction of sp³-hybridized carbons (Fsp3) is 0.833. The van der Waals surface area contributed by atoms with Gasteiger partial charge in [-0.05, 0) is 0 Å². The summed E-state index contributed by atoms with van der Waals surface area (Å²) in [6.45, 7) is 2.10. The Morgan fingerprint density at radius 2 is 2.10 bits per heavy atom. The minimum absolute atomic E-state index is 0.339. The second-order valence-corrected chi connectivity index (χ2v) is 2.04. The molecule has 58 valence electrons. The summed E-state index contributed by atoms with van der Waals surface area (Å²) in [4.78, 5) is 4.01. The molecule has 0 amide bonds. The molecule has 4 heteroatoms. The van der Waals surface area contributed by atoms with Gasteiger partial charge in [-0.15, -0.1) is 0 Å². The molecule has 10 heavy (non-hydrogen) atoms. The van der Waals surface area contributed by atoms with Crippen molar-refractivity contribution >= 4 is 5.90 Å². The highest BCUT2D eigenvalue weighted by Crippen LogP contribution is 2.19. The molecule has 1 aliphatic heterocycles. The quantitative estimate of drug-likeness (QED) is 0.527. The van der Waals surface area contributed by atoms with Crippen LogP contribution >= 0.6 is 0 Å². The molecule has 0 N–H and O–H groups in total. The molecule has 1 heterocycles. The molecule has 0 aromatic rings. The Morgan fingerprint density at radius 3 is 2.30 bits per heavy atom. The van der Waals surface area contributed by atoms with Gasteiger partial charge in [0, 0.05) is 21.1 Å². The maximum absolute atomic E-state index is 5.05. The standard InChI is InChI=1S/C6H11NO3/c1-5-7-6(8-2,9-3)4-10-5/h4H2,1-3H3. The molecule has 0 spiro atoms. The van der Waals surface area contributed by atoms with Crippen molar-refractivity contribution in [3.63, 3.8) is 0 Å². The van der Waals surface area contributed by atoms with Crippen LogP contribution in [0.4, 0.5) is 0 Å². The molecule has 0 radical (unpaired) electrons. The molecule has 0 aliphatic carbocycles. The first-order valence-corrected chi connectivity index (χ1v) is 3.02. The van der Waals surface area contributed by atoms with Gasteiger partial charge >= 0.3 is 5.91 Å². The number of ether oxygens (including phenoxy) is 3. The second-order valence-electron chi connectivity index (χ2n) is 2.04. The van der Waals surface area contributed by atoms with Gasteiger partial charge < -0.3 is 14.2 Å². The van der Waals surface area contributed by atoms with Crippen molar-refractivity contribution in [2.24, 2.45) is 4.99 Å². The molecule has 1 aliphatic rings. The monoisotopic (exact) mass is 145 g/mol. The van der Waals surface area contributed by atoms with E-state index in [0.29, 0.717) is 12.5 Å². The topological polar surface area (TPSA) is 40.0 Å². The number of hydrogen-bond acceptors (Lipinski definition) is 4. The number of methoxy groups -OCH3 is 2. The van der Waals surface area contributed by atoms with E-state index in [1.807, 2.05) is 0 Å². The van der Waals surface area contributed by atoms with Crippen LogP contribution in [-0.4, -0.2) is 32.6 Å². The lowest BCUT2D eigenvalue weighted by Crippen LogP contribution is -2.32. The van der Waals surface area contributed by atoms with Gasteiger partial charge in [-0.1, -0.05) is 0 Å². The van der Waals surface area contributed by atoms with Gasteiger partial charge in [0.15, 0.2) is 12.5 Å². The van der Waals surface area contributed by atoms with E-state index in [1.54, 1.807) is 6.92 Å². The van der Waals surface area contributed by atoms with Crippen molar-refractivity contribution in [2.75, 3.05) is 20.8 Å². The first kappa shape index (κ1) is 7.50. The van der Waals surface area contributed by atoms with Crippen LogP contribution in [0.1, 0.15) is 6.92 Å². The summed E-state index contributed by atoms with van der Waals surface area (Å²) in [5.41, 5.74) is 0. The largest absolute Gasteiger partial charge is 0.473 e. The summed E-state index contributed by atoms with van der Waals surface area (Å²) in [6, 6.07) is 0. The number of rotatable bonds is 2. The van der Waals surface area contributed by atoms with Crippen LogP contribution in [0.25, 0.3) is 0 Å². The van der Waals surface area contributed by atoms with Gasteiger partial charge in [0.1, 0.15) is 0 Å². The molecule has 0 aromatic heterocycles. The molecule has 0 atom stereocenters. The summed E-state index contributed by atoms with van der Waals surface area (Å²) in [5, 5.41) is 0. The smallest absolute Gasteiger partial charge is 0.307 e.